The van der Waals surface area contributed by atoms with Gasteiger partial charge in [-0.15, -0.1) is 11.3 Å². The number of ether oxygens (including phenoxy) is 1. The highest BCUT2D eigenvalue weighted by atomic mass is 35.5. The molecule has 2 saturated heterocycles. The maximum atomic E-state index is 17.1. The van der Waals surface area contributed by atoms with E-state index in [4.69, 9.17) is 22.1 Å². The van der Waals surface area contributed by atoms with Gasteiger partial charge < -0.3 is 21.1 Å². The predicted molar refractivity (Wildman–Crippen MR) is 182 cm³/mol. The van der Waals surface area contributed by atoms with Gasteiger partial charge in [0.1, 0.15) is 34.8 Å². The van der Waals surface area contributed by atoms with Crippen molar-refractivity contribution in [1.82, 2.24) is 20.2 Å². The Balaban J connectivity index is 1.41. The van der Waals surface area contributed by atoms with Crippen LogP contribution < -0.4 is 21.1 Å². The molecule has 8 nitrogen and oxygen atoms in total. The lowest BCUT2D eigenvalue weighted by Crippen LogP contribution is -2.43. The number of benzene rings is 2. The minimum Gasteiger partial charge on any atom is -0.461 e. The lowest BCUT2D eigenvalue weighted by molar-refractivity contribution is 0.108. The monoisotopic (exact) mass is 697 g/mol. The number of nitrogen functional groups attached to an aromatic ring is 1. The van der Waals surface area contributed by atoms with Gasteiger partial charge >= 0.3 is 6.01 Å². The van der Waals surface area contributed by atoms with Crippen LogP contribution in [-0.2, 0) is 0 Å². The molecule has 3 aliphatic heterocycles. The Morgan fingerprint density at radius 3 is 2.85 bits per heavy atom. The number of anilines is 2. The molecular weight excluding hydrogens is 666 g/mol. The van der Waals surface area contributed by atoms with E-state index in [0.29, 0.717) is 48.3 Å². The zero-order valence-electron chi connectivity index (χ0n) is 26.1. The summed E-state index contributed by atoms with van der Waals surface area (Å²) in [5, 5.41) is 17.3. The second-order valence-electron chi connectivity index (χ2n) is 12.6. The molecule has 1 unspecified atom stereocenters. The van der Waals surface area contributed by atoms with Gasteiger partial charge in [-0.05, 0) is 62.4 Å². The first-order valence-electron chi connectivity index (χ1n) is 15.8. The first-order valence-corrected chi connectivity index (χ1v) is 17.0. The molecule has 0 spiro atoms. The van der Waals surface area contributed by atoms with E-state index >= 15 is 4.39 Å². The fraction of sp³-hybridized carbons (Fsp3) is 0.382. The Bertz CT molecular complexity index is 2070. The van der Waals surface area contributed by atoms with Crippen LogP contribution in [0.1, 0.15) is 50.2 Å². The SMILES string of the molecule is C=C1C[C@H](CNCCC)Nc2nc(OCC34CCCN3CC(=C(F)F)C4)nc3c(F)c(-c4ccc(F)c5sc(N)c(C#N)c45)c(Cl)c1c23. The lowest BCUT2D eigenvalue weighted by atomic mass is 9.91. The number of nitriles is 1. The van der Waals surface area contributed by atoms with Crippen molar-refractivity contribution >= 4 is 60.3 Å². The summed E-state index contributed by atoms with van der Waals surface area (Å²) in [7, 11) is 0. The molecule has 5 heterocycles. The summed E-state index contributed by atoms with van der Waals surface area (Å²) in [6, 6.07) is 4.27. The molecule has 7 rings (SSSR count). The van der Waals surface area contributed by atoms with Crippen molar-refractivity contribution in [2.24, 2.45) is 0 Å². The van der Waals surface area contributed by atoms with E-state index in [9.17, 15) is 18.4 Å². The first kappa shape index (κ1) is 32.6. The van der Waals surface area contributed by atoms with Gasteiger partial charge in [0.15, 0.2) is 5.82 Å². The molecule has 2 aromatic heterocycles. The molecule has 2 aromatic carbocycles. The van der Waals surface area contributed by atoms with E-state index in [1.165, 1.54) is 12.1 Å². The summed E-state index contributed by atoms with van der Waals surface area (Å²) >= 11 is 8.00. The van der Waals surface area contributed by atoms with Gasteiger partial charge in [-0.2, -0.15) is 24.0 Å². The molecular formula is C34H32ClF4N7OS. The van der Waals surface area contributed by atoms with Crippen LogP contribution in [0.25, 0.3) is 37.7 Å². The Hall–Kier alpha value is -3.96. The third kappa shape index (κ3) is 5.26. The maximum Gasteiger partial charge on any atom is 0.319 e. The zero-order chi connectivity index (χ0) is 33.9. The van der Waals surface area contributed by atoms with Crippen LogP contribution in [0.5, 0.6) is 6.01 Å². The average Bonchev–Trinajstić information content (AvgIpc) is 3.69. The van der Waals surface area contributed by atoms with Gasteiger partial charge in [-0.3, -0.25) is 4.90 Å². The van der Waals surface area contributed by atoms with Gasteiger partial charge in [0.05, 0.1) is 26.2 Å². The van der Waals surface area contributed by atoms with Crippen molar-refractivity contribution in [1.29, 1.82) is 5.26 Å². The highest BCUT2D eigenvalue weighted by molar-refractivity contribution is 7.23. The first-order chi connectivity index (χ1) is 23.1. The number of nitrogens with one attached hydrogen (secondary N) is 2. The normalized spacial score (nSPS) is 20.6. The number of rotatable bonds is 8. The van der Waals surface area contributed by atoms with Crippen molar-refractivity contribution < 1.29 is 22.3 Å². The molecule has 0 bridgehead atoms. The second-order valence-corrected chi connectivity index (χ2v) is 14.1. The number of nitrogens with two attached hydrogens (primary N) is 1. The number of hydrogen-bond acceptors (Lipinski definition) is 9. The molecule has 2 fully saturated rings. The van der Waals surface area contributed by atoms with Crippen molar-refractivity contribution in [3.8, 4) is 23.2 Å². The molecule has 3 aliphatic rings. The third-order valence-electron chi connectivity index (χ3n) is 9.61. The Morgan fingerprint density at radius 2 is 2.10 bits per heavy atom. The summed E-state index contributed by atoms with van der Waals surface area (Å²) in [6.45, 7) is 8.60. The molecule has 0 amide bonds. The molecule has 0 aliphatic carbocycles. The average molecular weight is 698 g/mol. The predicted octanol–water partition coefficient (Wildman–Crippen LogP) is 7.86. The van der Waals surface area contributed by atoms with Gasteiger partial charge in [0.25, 0.3) is 6.08 Å². The number of aromatic nitrogens is 2. The molecule has 4 aromatic rings. The Kier molecular flexibility index (Phi) is 8.48. The van der Waals surface area contributed by atoms with Crippen LogP contribution in [0.15, 0.2) is 30.4 Å². The van der Waals surface area contributed by atoms with Crippen LogP contribution in [-0.4, -0.2) is 59.2 Å². The molecule has 2 atom stereocenters. The topological polar surface area (TPSA) is 112 Å². The molecule has 0 radical (unpaired) electrons. The summed E-state index contributed by atoms with van der Waals surface area (Å²) in [5.74, 6) is -1.13. The second kappa shape index (κ2) is 12.5. The fourth-order valence-electron chi connectivity index (χ4n) is 7.42. The summed E-state index contributed by atoms with van der Waals surface area (Å²) in [4.78, 5) is 11.2. The zero-order valence-corrected chi connectivity index (χ0v) is 27.7. The largest absolute Gasteiger partial charge is 0.461 e. The van der Waals surface area contributed by atoms with Crippen molar-refractivity contribution in [3.63, 3.8) is 0 Å². The van der Waals surface area contributed by atoms with E-state index in [-0.39, 0.29) is 79.5 Å². The Morgan fingerprint density at radius 1 is 1.29 bits per heavy atom. The number of halogens is 5. The van der Waals surface area contributed by atoms with Crippen molar-refractivity contribution in [2.75, 3.05) is 43.8 Å². The van der Waals surface area contributed by atoms with Crippen LogP contribution in [0.4, 0.5) is 28.4 Å². The minimum absolute atomic E-state index is 0.0214. The standard InChI is InChI=1S/C34H32ClF4N7OS/c1-3-8-42-13-18-10-16(2)22-25-28(27(37)24(26(22)35)19-5-6-21(36)29-23(19)20(12-40)31(41)48-29)44-33(45-32(25)43-18)47-15-34-7-4-9-46(34)14-17(11-34)30(38)39/h5-6,18,42H,2-4,7-11,13-15,41H2,1H3,(H,43,44,45)/t18-,34?/m1/s1. The van der Waals surface area contributed by atoms with Gasteiger partial charge in [0.2, 0.25) is 0 Å². The quantitative estimate of drug-likeness (QED) is 0.126. The van der Waals surface area contributed by atoms with E-state index in [1.807, 2.05) is 11.0 Å². The molecule has 250 valence electrons. The lowest BCUT2D eigenvalue weighted by Gasteiger charge is -2.30. The van der Waals surface area contributed by atoms with Gasteiger partial charge in [-0.1, -0.05) is 31.2 Å². The number of thiophene rings is 1. The van der Waals surface area contributed by atoms with Gasteiger partial charge in [-0.25, -0.2) is 8.78 Å². The van der Waals surface area contributed by atoms with E-state index < -0.39 is 23.3 Å². The number of hydrogen-bond donors (Lipinski definition) is 3. The Labute approximate surface area is 283 Å². The van der Waals surface area contributed by atoms with Crippen molar-refractivity contribution in [3.05, 3.63) is 58.1 Å². The van der Waals surface area contributed by atoms with Crippen molar-refractivity contribution in [2.45, 2.75) is 50.6 Å². The smallest absolute Gasteiger partial charge is 0.319 e. The molecule has 14 heteroatoms. The molecule has 4 N–H and O–H groups in total. The fourth-order valence-corrected chi connectivity index (χ4v) is 8.78. The van der Waals surface area contributed by atoms with Crippen LogP contribution >= 0.6 is 22.9 Å². The maximum absolute atomic E-state index is 17.1. The van der Waals surface area contributed by atoms with Gasteiger partial charge in [0, 0.05) is 41.2 Å². The summed E-state index contributed by atoms with van der Waals surface area (Å²) in [5.41, 5.74) is 6.61. The summed E-state index contributed by atoms with van der Waals surface area (Å²) < 4.78 is 65.6. The van der Waals surface area contributed by atoms with E-state index in [0.717, 1.165) is 30.7 Å². The third-order valence-corrected chi connectivity index (χ3v) is 11.0. The van der Waals surface area contributed by atoms with Crippen LogP contribution in [0, 0.1) is 23.0 Å². The van der Waals surface area contributed by atoms with E-state index in [1.54, 1.807) is 0 Å². The molecule has 48 heavy (non-hydrogen) atoms. The minimum atomic E-state index is -1.67. The number of fused-ring (bicyclic) bond motifs is 2. The highest BCUT2D eigenvalue weighted by Gasteiger charge is 2.48. The highest BCUT2D eigenvalue weighted by Crippen LogP contribution is 2.50. The van der Waals surface area contributed by atoms with Crippen LogP contribution in [0.3, 0.4) is 0 Å². The van der Waals surface area contributed by atoms with Crippen LogP contribution in [0.2, 0.25) is 5.02 Å². The molecule has 0 saturated carbocycles. The number of nitrogens with zero attached hydrogens (tertiary/aromatic N) is 4. The van der Waals surface area contributed by atoms with E-state index in [2.05, 4.69) is 34.1 Å². The summed E-state index contributed by atoms with van der Waals surface area (Å²) in [6.07, 6.45) is 1.36.